The molecule has 0 radical (unpaired) electrons. The molecule has 8 heteroatoms. The van der Waals surface area contributed by atoms with E-state index in [4.69, 9.17) is 11.6 Å². The third-order valence-corrected chi connectivity index (χ3v) is 9.11. The number of benzene rings is 1. The van der Waals surface area contributed by atoms with E-state index < -0.39 is 5.92 Å². The number of halogens is 1. The van der Waals surface area contributed by atoms with Gasteiger partial charge < -0.3 is 10.1 Å². The highest BCUT2D eigenvalue weighted by atomic mass is 35.5. The number of fused-ring (bicyclic) bond motifs is 1. The van der Waals surface area contributed by atoms with Crippen LogP contribution in [0.3, 0.4) is 0 Å². The molecule has 0 aliphatic heterocycles. The predicted molar refractivity (Wildman–Crippen MR) is 161 cm³/mol. The van der Waals surface area contributed by atoms with Crippen LogP contribution in [0.5, 0.6) is 0 Å². The summed E-state index contributed by atoms with van der Waals surface area (Å²) in [5.41, 5.74) is 1.48. The van der Waals surface area contributed by atoms with Crippen molar-refractivity contribution in [1.29, 1.82) is 0 Å². The molecule has 1 aliphatic carbocycles. The highest BCUT2D eigenvalue weighted by Crippen LogP contribution is 2.30. The van der Waals surface area contributed by atoms with E-state index in [9.17, 15) is 14.4 Å². The average Bonchev–Trinajstić information content (AvgIpc) is 3.31. The maximum atomic E-state index is 13.6. The SMILES string of the molecule is C=C(CN(CC)CC)C(=O)CC[C@H](CC1CCCCC1)NC(=O)[C@@H](CC(C)=O)Cc1nc2ccc(Cl)cc2s1. The summed E-state index contributed by atoms with van der Waals surface area (Å²) in [5, 5.41) is 4.73. The van der Waals surface area contributed by atoms with Crippen molar-refractivity contribution in [2.24, 2.45) is 11.8 Å². The second kappa shape index (κ2) is 15.6. The largest absolute Gasteiger partial charge is 0.353 e. The van der Waals surface area contributed by atoms with Gasteiger partial charge in [0, 0.05) is 42.4 Å². The number of aromatic nitrogens is 1. The summed E-state index contributed by atoms with van der Waals surface area (Å²) < 4.78 is 0.970. The molecular weight excluding hydrogens is 530 g/mol. The van der Waals surface area contributed by atoms with Crippen LogP contribution in [0.15, 0.2) is 30.4 Å². The molecule has 1 amide bonds. The molecule has 0 unspecified atom stereocenters. The molecule has 1 N–H and O–H groups in total. The first-order valence-electron chi connectivity index (χ1n) is 14.5. The van der Waals surface area contributed by atoms with Crippen molar-refractivity contribution in [3.8, 4) is 0 Å². The van der Waals surface area contributed by atoms with Crippen LogP contribution < -0.4 is 5.32 Å². The van der Waals surface area contributed by atoms with Crippen LogP contribution in [-0.4, -0.2) is 53.0 Å². The van der Waals surface area contributed by atoms with Crippen LogP contribution in [0.1, 0.15) is 83.6 Å². The summed E-state index contributed by atoms with van der Waals surface area (Å²) in [5.74, 6) is -0.0269. The van der Waals surface area contributed by atoms with Crippen molar-refractivity contribution in [3.05, 3.63) is 40.4 Å². The van der Waals surface area contributed by atoms with Crippen molar-refractivity contribution in [2.45, 2.75) is 91.0 Å². The molecule has 2 aromatic rings. The molecule has 0 saturated heterocycles. The van der Waals surface area contributed by atoms with Crippen molar-refractivity contribution >= 4 is 50.6 Å². The first-order valence-corrected chi connectivity index (χ1v) is 15.7. The third kappa shape index (κ3) is 10.1. The Kier molecular flexibility index (Phi) is 12.6. The number of hydrogen-bond donors (Lipinski definition) is 1. The third-order valence-electron chi connectivity index (χ3n) is 7.83. The number of carbonyl (C=O) groups excluding carboxylic acids is 3. The van der Waals surface area contributed by atoms with Crippen LogP contribution in [0.4, 0.5) is 0 Å². The fourth-order valence-corrected chi connectivity index (χ4v) is 6.85. The summed E-state index contributed by atoms with van der Waals surface area (Å²) >= 11 is 7.65. The lowest BCUT2D eigenvalue weighted by Crippen LogP contribution is -2.41. The lowest BCUT2D eigenvalue weighted by atomic mass is 9.83. The Bertz CT molecular complexity index is 1140. The first-order chi connectivity index (χ1) is 18.7. The number of ketones is 2. The molecule has 1 aromatic heterocycles. The molecule has 6 nitrogen and oxygen atoms in total. The topological polar surface area (TPSA) is 79.4 Å². The van der Waals surface area contributed by atoms with Crippen molar-refractivity contribution in [2.75, 3.05) is 19.6 Å². The van der Waals surface area contributed by atoms with Crippen LogP contribution >= 0.6 is 22.9 Å². The van der Waals surface area contributed by atoms with Gasteiger partial charge in [-0.2, -0.15) is 0 Å². The molecular formula is C31H44ClN3O3S. The van der Waals surface area contributed by atoms with Crippen molar-refractivity contribution in [3.63, 3.8) is 0 Å². The lowest BCUT2D eigenvalue weighted by molar-refractivity contribution is -0.129. The zero-order valence-electron chi connectivity index (χ0n) is 23.8. The second-order valence-electron chi connectivity index (χ2n) is 11.0. The summed E-state index contributed by atoms with van der Waals surface area (Å²) in [7, 11) is 0. The van der Waals surface area contributed by atoms with E-state index in [1.165, 1.54) is 50.4 Å². The molecule has 2 atom stereocenters. The highest BCUT2D eigenvalue weighted by Gasteiger charge is 2.27. The molecule has 1 fully saturated rings. The van der Waals surface area contributed by atoms with Gasteiger partial charge >= 0.3 is 0 Å². The van der Waals surface area contributed by atoms with E-state index in [-0.39, 0.29) is 29.9 Å². The first kappa shape index (κ1) is 31.4. The minimum Gasteiger partial charge on any atom is -0.353 e. The Balaban J connectivity index is 1.69. The number of hydrogen-bond acceptors (Lipinski definition) is 6. The minimum atomic E-state index is -0.499. The number of nitrogens with zero attached hydrogens (tertiary/aromatic N) is 2. The fourth-order valence-electron chi connectivity index (χ4n) is 5.53. The monoisotopic (exact) mass is 573 g/mol. The molecule has 214 valence electrons. The van der Waals surface area contributed by atoms with E-state index in [0.29, 0.717) is 42.3 Å². The normalized spacial score (nSPS) is 15.8. The fraction of sp³-hybridized carbons (Fsp3) is 0.613. The van der Waals surface area contributed by atoms with Gasteiger partial charge in [0.2, 0.25) is 5.91 Å². The predicted octanol–water partition coefficient (Wildman–Crippen LogP) is 6.79. The molecule has 1 saturated carbocycles. The maximum absolute atomic E-state index is 13.6. The van der Waals surface area contributed by atoms with Gasteiger partial charge in [-0.25, -0.2) is 4.98 Å². The van der Waals surface area contributed by atoms with Gasteiger partial charge in [-0.3, -0.25) is 14.5 Å². The number of rotatable bonds is 16. The van der Waals surface area contributed by atoms with E-state index >= 15 is 0 Å². The number of amides is 1. The zero-order valence-corrected chi connectivity index (χ0v) is 25.3. The number of likely N-dealkylation sites (N-methyl/N-ethyl adjacent to an activating group) is 1. The number of nitrogens with one attached hydrogen (secondary N) is 1. The maximum Gasteiger partial charge on any atom is 0.224 e. The molecule has 3 rings (SSSR count). The molecule has 0 bridgehead atoms. The van der Waals surface area contributed by atoms with E-state index in [1.54, 1.807) is 6.07 Å². The Morgan fingerprint density at radius 3 is 2.56 bits per heavy atom. The van der Waals surface area contributed by atoms with Crippen LogP contribution in [0.2, 0.25) is 5.02 Å². The standard InChI is InChI=1S/C31H44ClN3O3S/c1-5-35(6-2)20-21(3)28(37)15-13-26(17-23-10-8-7-9-11-23)33-31(38)24(16-22(4)36)18-30-34-27-14-12-25(32)19-29(27)39-30/h12,14,19,23-24,26H,3,5-11,13,15-18,20H2,1-2,4H3,(H,33,38)/t24-,26+/m0/s1. The Morgan fingerprint density at radius 2 is 1.90 bits per heavy atom. The van der Waals surface area contributed by atoms with Crippen molar-refractivity contribution in [1.82, 2.24) is 15.2 Å². The number of carbonyl (C=O) groups is 3. The summed E-state index contributed by atoms with van der Waals surface area (Å²) in [6.45, 7) is 12.1. The zero-order chi connectivity index (χ0) is 28.4. The second-order valence-corrected chi connectivity index (χ2v) is 12.6. The summed E-state index contributed by atoms with van der Waals surface area (Å²) in [6, 6.07) is 5.46. The lowest BCUT2D eigenvalue weighted by Gasteiger charge is -2.28. The molecule has 1 aromatic carbocycles. The Morgan fingerprint density at radius 1 is 1.18 bits per heavy atom. The number of thiazole rings is 1. The molecule has 1 heterocycles. The Labute approximate surface area is 242 Å². The number of Topliss-reactive ketones (excluding diaryl/α,β-unsaturated/α-hetero) is 2. The molecule has 0 spiro atoms. The van der Waals surface area contributed by atoms with Gasteiger partial charge in [-0.1, -0.05) is 64.1 Å². The van der Waals surface area contributed by atoms with Gasteiger partial charge in [0.1, 0.15) is 5.78 Å². The Hall–Kier alpha value is -2.09. The van der Waals surface area contributed by atoms with Gasteiger partial charge in [0.15, 0.2) is 5.78 Å². The van der Waals surface area contributed by atoms with Gasteiger partial charge in [-0.15, -0.1) is 11.3 Å². The van der Waals surface area contributed by atoms with E-state index in [0.717, 1.165) is 34.7 Å². The van der Waals surface area contributed by atoms with Gasteiger partial charge in [-0.05, 0) is 57.0 Å². The van der Waals surface area contributed by atoms with E-state index in [1.807, 2.05) is 12.1 Å². The van der Waals surface area contributed by atoms with Crippen LogP contribution in [0, 0.1) is 11.8 Å². The van der Waals surface area contributed by atoms with Crippen molar-refractivity contribution < 1.29 is 14.4 Å². The smallest absolute Gasteiger partial charge is 0.224 e. The molecule has 39 heavy (non-hydrogen) atoms. The van der Waals surface area contributed by atoms with Gasteiger partial charge in [0.05, 0.1) is 21.1 Å². The van der Waals surface area contributed by atoms with Gasteiger partial charge in [0.25, 0.3) is 0 Å². The molecule has 1 aliphatic rings. The highest BCUT2D eigenvalue weighted by molar-refractivity contribution is 7.18. The minimum absolute atomic E-state index is 0.0222. The van der Waals surface area contributed by atoms with Crippen LogP contribution in [-0.2, 0) is 20.8 Å². The quantitative estimate of drug-likeness (QED) is 0.224. The average molecular weight is 574 g/mol. The van der Waals surface area contributed by atoms with Crippen LogP contribution in [0.25, 0.3) is 10.2 Å². The van der Waals surface area contributed by atoms with E-state index in [2.05, 4.69) is 35.6 Å². The summed E-state index contributed by atoms with van der Waals surface area (Å²) in [6.07, 6.45) is 8.44. The summed E-state index contributed by atoms with van der Waals surface area (Å²) in [4.78, 5) is 45.5.